The Bertz CT molecular complexity index is 888. The van der Waals surface area contributed by atoms with Gasteiger partial charge in [-0.05, 0) is 48.5 Å². The molecule has 8 nitrogen and oxygen atoms in total. The zero-order valence-corrected chi connectivity index (χ0v) is 13.8. The van der Waals surface area contributed by atoms with E-state index >= 15 is 0 Å². The van der Waals surface area contributed by atoms with E-state index < -0.39 is 11.3 Å². The van der Waals surface area contributed by atoms with E-state index in [1.807, 2.05) is 12.1 Å². The number of hydrogen-bond acceptors (Lipinski definition) is 7. The van der Waals surface area contributed by atoms with Crippen molar-refractivity contribution in [2.45, 2.75) is 0 Å². The zero-order valence-electron chi connectivity index (χ0n) is 13.0. The van der Waals surface area contributed by atoms with Gasteiger partial charge in [-0.3, -0.25) is 4.21 Å². The molecule has 3 aromatic rings. The summed E-state index contributed by atoms with van der Waals surface area (Å²) in [7, 11) is 0. The molecule has 0 saturated carbocycles. The lowest BCUT2D eigenvalue weighted by Gasteiger charge is -2.11. The van der Waals surface area contributed by atoms with Crippen LogP contribution in [0.4, 0.5) is 34.5 Å². The van der Waals surface area contributed by atoms with Gasteiger partial charge in [0.2, 0.25) is 5.95 Å². The molecular formula is C16H15N6O2S-. The number of hydrogen-bond donors (Lipinski definition) is 4. The number of nitrogens with one attached hydrogen (secondary N) is 3. The van der Waals surface area contributed by atoms with E-state index in [4.69, 9.17) is 5.73 Å². The summed E-state index contributed by atoms with van der Waals surface area (Å²) in [5.41, 5.74) is 8.29. The molecule has 0 radical (unpaired) electrons. The molecule has 1 heterocycles. The molecule has 128 valence electrons. The fourth-order valence-electron chi connectivity index (χ4n) is 2.09. The Morgan fingerprint density at radius 3 is 2.48 bits per heavy atom. The summed E-state index contributed by atoms with van der Waals surface area (Å²) in [4.78, 5) is 8.53. The number of nitrogens with two attached hydrogens (primary N) is 1. The SMILES string of the molecule is Nc1ccc(Nc2ccnc(Nc3cccc(NS(=O)[O-])c3)n2)cc1. The van der Waals surface area contributed by atoms with E-state index in [9.17, 15) is 8.76 Å². The number of nitrogens with zero attached hydrogens (tertiary/aromatic N) is 2. The van der Waals surface area contributed by atoms with Gasteiger partial charge in [0.05, 0.1) is 0 Å². The van der Waals surface area contributed by atoms with Crippen LogP contribution in [0, 0.1) is 0 Å². The minimum absolute atomic E-state index is 0.376. The summed E-state index contributed by atoms with van der Waals surface area (Å²) in [6.07, 6.45) is 1.61. The molecule has 2 aromatic carbocycles. The van der Waals surface area contributed by atoms with E-state index in [1.54, 1.807) is 48.7 Å². The van der Waals surface area contributed by atoms with Gasteiger partial charge >= 0.3 is 0 Å². The van der Waals surface area contributed by atoms with Gasteiger partial charge in [-0.15, -0.1) is 0 Å². The topological polar surface area (TPSA) is 128 Å². The maximum Gasteiger partial charge on any atom is 0.229 e. The van der Waals surface area contributed by atoms with Crippen molar-refractivity contribution in [1.29, 1.82) is 0 Å². The highest BCUT2D eigenvalue weighted by molar-refractivity contribution is 7.80. The second-order valence-electron chi connectivity index (χ2n) is 5.06. The standard InChI is InChI=1S/C16H16N6O2S/c17-11-4-6-12(7-5-11)19-15-8-9-18-16(21-15)20-13-2-1-3-14(10-13)22-25(23)24/h1-10,22H,17H2,(H,23,24)(H2,18,19,20,21)/p-1. The van der Waals surface area contributed by atoms with Crippen molar-refractivity contribution in [3.8, 4) is 0 Å². The molecular weight excluding hydrogens is 340 g/mol. The first kappa shape index (κ1) is 16.7. The number of rotatable bonds is 6. The predicted octanol–water partition coefficient (Wildman–Crippen LogP) is 2.75. The summed E-state index contributed by atoms with van der Waals surface area (Å²) in [5, 5.41) is 6.18. The van der Waals surface area contributed by atoms with Gasteiger partial charge in [-0.1, -0.05) is 6.07 Å². The summed E-state index contributed by atoms with van der Waals surface area (Å²) in [5.74, 6) is 0.984. The van der Waals surface area contributed by atoms with Crippen molar-refractivity contribution in [1.82, 2.24) is 9.97 Å². The molecule has 5 N–H and O–H groups in total. The maximum absolute atomic E-state index is 10.7. The molecule has 0 fully saturated rings. The van der Waals surface area contributed by atoms with Crippen LogP contribution in [0.2, 0.25) is 0 Å². The lowest BCUT2D eigenvalue weighted by atomic mass is 10.3. The summed E-state index contributed by atoms with van der Waals surface area (Å²) < 4.78 is 23.7. The van der Waals surface area contributed by atoms with Gasteiger partial charge < -0.3 is 25.6 Å². The van der Waals surface area contributed by atoms with Crippen molar-refractivity contribution in [3.05, 3.63) is 60.8 Å². The number of aromatic nitrogens is 2. The molecule has 1 unspecified atom stereocenters. The Morgan fingerprint density at radius 2 is 1.72 bits per heavy atom. The molecule has 0 aliphatic rings. The minimum atomic E-state index is -2.38. The molecule has 0 aliphatic heterocycles. The molecule has 0 spiro atoms. The van der Waals surface area contributed by atoms with Crippen molar-refractivity contribution >= 4 is 45.8 Å². The molecule has 3 rings (SSSR count). The van der Waals surface area contributed by atoms with Crippen LogP contribution in [0.25, 0.3) is 0 Å². The molecule has 0 bridgehead atoms. The quantitative estimate of drug-likeness (QED) is 0.395. The first-order chi connectivity index (χ1) is 12.1. The number of nitrogen functional groups attached to an aromatic ring is 1. The third kappa shape index (κ3) is 4.90. The lowest BCUT2D eigenvalue weighted by Crippen LogP contribution is -2.03. The Hall–Kier alpha value is -3.17. The van der Waals surface area contributed by atoms with Gasteiger partial charge in [0.15, 0.2) is 0 Å². The average Bonchev–Trinajstić information content (AvgIpc) is 2.57. The van der Waals surface area contributed by atoms with Crippen LogP contribution < -0.4 is 21.1 Å². The van der Waals surface area contributed by atoms with Gasteiger partial charge in [0.1, 0.15) is 5.82 Å². The van der Waals surface area contributed by atoms with Crippen LogP contribution in [0.15, 0.2) is 60.8 Å². The second kappa shape index (κ2) is 7.60. The van der Waals surface area contributed by atoms with E-state index in [0.29, 0.717) is 28.8 Å². The smallest absolute Gasteiger partial charge is 0.229 e. The van der Waals surface area contributed by atoms with Crippen LogP contribution >= 0.6 is 0 Å². The minimum Gasteiger partial charge on any atom is -0.755 e. The summed E-state index contributed by atoms with van der Waals surface area (Å²) >= 11 is -2.38. The van der Waals surface area contributed by atoms with Crippen LogP contribution in [0.3, 0.4) is 0 Å². The van der Waals surface area contributed by atoms with E-state index in [0.717, 1.165) is 5.69 Å². The highest BCUT2D eigenvalue weighted by atomic mass is 32.2. The molecule has 1 aromatic heterocycles. The zero-order chi connectivity index (χ0) is 17.6. The fourth-order valence-corrected chi connectivity index (χ4v) is 2.41. The van der Waals surface area contributed by atoms with Gasteiger partial charge in [0.25, 0.3) is 0 Å². The molecule has 9 heteroatoms. The molecule has 1 atom stereocenters. The molecule has 0 saturated heterocycles. The Balaban J connectivity index is 1.73. The number of benzene rings is 2. The maximum atomic E-state index is 10.7. The summed E-state index contributed by atoms with van der Waals surface area (Å²) in [6.45, 7) is 0. The van der Waals surface area contributed by atoms with Gasteiger partial charge in [0, 0.05) is 40.2 Å². The highest BCUT2D eigenvalue weighted by Gasteiger charge is 2.02. The second-order valence-corrected chi connectivity index (χ2v) is 5.73. The van der Waals surface area contributed by atoms with Crippen LogP contribution in [0.1, 0.15) is 0 Å². The first-order valence-corrected chi connectivity index (χ1v) is 8.34. The fraction of sp³-hybridized carbons (Fsp3) is 0. The van der Waals surface area contributed by atoms with Gasteiger partial charge in [-0.2, -0.15) is 4.98 Å². The van der Waals surface area contributed by atoms with E-state index in [-0.39, 0.29) is 0 Å². The normalized spacial score (nSPS) is 11.6. The van der Waals surface area contributed by atoms with Crippen molar-refractivity contribution in [2.24, 2.45) is 0 Å². The third-order valence-corrected chi connectivity index (χ3v) is 3.56. The van der Waals surface area contributed by atoms with E-state index in [2.05, 4.69) is 25.3 Å². The van der Waals surface area contributed by atoms with Crippen LogP contribution in [0.5, 0.6) is 0 Å². The van der Waals surface area contributed by atoms with E-state index in [1.165, 1.54) is 0 Å². The molecule has 0 aliphatic carbocycles. The highest BCUT2D eigenvalue weighted by Crippen LogP contribution is 2.20. The Morgan fingerprint density at radius 1 is 0.960 bits per heavy atom. The first-order valence-electron chi connectivity index (χ1n) is 7.27. The lowest BCUT2D eigenvalue weighted by molar-refractivity contribution is 0.542. The molecule has 0 amide bonds. The monoisotopic (exact) mass is 355 g/mol. The van der Waals surface area contributed by atoms with Crippen molar-refractivity contribution in [2.75, 3.05) is 21.1 Å². The Kier molecular flexibility index (Phi) is 5.07. The largest absolute Gasteiger partial charge is 0.755 e. The van der Waals surface area contributed by atoms with Crippen molar-refractivity contribution < 1.29 is 8.76 Å². The van der Waals surface area contributed by atoms with Crippen LogP contribution in [-0.4, -0.2) is 18.7 Å². The van der Waals surface area contributed by atoms with Crippen molar-refractivity contribution in [3.63, 3.8) is 0 Å². The van der Waals surface area contributed by atoms with Gasteiger partial charge in [-0.25, -0.2) is 4.98 Å². The Labute approximate surface area is 146 Å². The third-order valence-electron chi connectivity index (χ3n) is 3.16. The predicted molar refractivity (Wildman–Crippen MR) is 98.4 cm³/mol. The summed E-state index contributed by atoms with van der Waals surface area (Å²) in [6, 6.07) is 15.8. The average molecular weight is 355 g/mol. The number of anilines is 6. The van der Waals surface area contributed by atoms with Crippen LogP contribution in [-0.2, 0) is 11.3 Å². The molecule has 25 heavy (non-hydrogen) atoms.